The smallest absolute Gasteiger partial charge is 0.404 e. The van der Waals surface area contributed by atoms with E-state index in [1.54, 1.807) is 6.07 Å². The van der Waals surface area contributed by atoms with Crippen molar-refractivity contribution in [2.45, 2.75) is 26.6 Å². The fourth-order valence-corrected chi connectivity index (χ4v) is 1.40. The molecule has 0 amide bonds. The Hall–Kier alpha value is -1.92. The van der Waals surface area contributed by atoms with Crippen molar-refractivity contribution >= 4 is 11.6 Å². The minimum atomic E-state index is -4.75. The predicted octanol–water partition coefficient (Wildman–Crippen LogP) is 3.36. The van der Waals surface area contributed by atoms with Gasteiger partial charge < -0.3 is 15.8 Å². The lowest BCUT2D eigenvalue weighted by Crippen LogP contribution is -2.24. The van der Waals surface area contributed by atoms with Crippen molar-refractivity contribution in [1.82, 2.24) is 0 Å². The molecule has 1 aromatic rings. The Morgan fingerprint density at radius 2 is 2.00 bits per heavy atom. The van der Waals surface area contributed by atoms with Gasteiger partial charge >= 0.3 is 6.36 Å². The molecular formula is C13H18F3N3O. The van der Waals surface area contributed by atoms with Gasteiger partial charge in [0.05, 0.1) is 5.69 Å². The summed E-state index contributed by atoms with van der Waals surface area (Å²) in [5.74, 6) is 0.193. The van der Waals surface area contributed by atoms with Crippen molar-refractivity contribution < 1.29 is 17.9 Å². The standard InChI is InChI=1S/C13H18F3N3O/c1-9(2)7-8-18-12(17)19-10-5-3-4-6-11(10)20-13(14,15)16/h3-6,9H,7-8H2,1-2H3,(H3,17,18,19). The van der Waals surface area contributed by atoms with E-state index in [1.807, 2.05) is 13.8 Å². The topological polar surface area (TPSA) is 59.6 Å². The SMILES string of the molecule is CC(C)CCN=C(N)Nc1ccccc1OC(F)(F)F. The number of para-hydroxylation sites is 2. The molecule has 0 aliphatic carbocycles. The van der Waals surface area contributed by atoms with Crippen molar-refractivity contribution in [3.05, 3.63) is 24.3 Å². The number of alkyl halides is 3. The number of anilines is 1. The summed E-state index contributed by atoms with van der Waals surface area (Å²) in [5.41, 5.74) is 5.75. The van der Waals surface area contributed by atoms with Gasteiger partial charge in [0, 0.05) is 6.54 Å². The van der Waals surface area contributed by atoms with Gasteiger partial charge in [-0.25, -0.2) is 0 Å². The lowest BCUT2D eigenvalue weighted by Gasteiger charge is -2.14. The number of nitrogens with one attached hydrogen (secondary N) is 1. The van der Waals surface area contributed by atoms with Crippen molar-refractivity contribution in [1.29, 1.82) is 0 Å². The first-order valence-corrected chi connectivity index (χ1v) is 6.19. The predicted molar refractivity (Wildman–Crippen MR) is 72.7 cm³/mol. The summed E-state index contributed by atoms with van der Waals surface area (Å²) in [4.78, 5) is 4.04. The summed E-state index contributed by atoms with van der Waals surface area (Å²) >= 11 is 0. The van der Waals surface area contributed by atoms with E-state index in [0.29, 0.717) is 12.5 Å². The van der Waals surface area contributed by atoms with Crippen LogP contribution >= 0.6 is 0 Å². The van der Waals surface area contributed by atoms with Crippen molar-refractivity contribution in [3.8, 4) is 5.75 Å². The molecule has 0 radical (unpaired) electrons. The fraction of sp³-hybridized carbons (Fsp3) is 0.462. The lowest BCUT2D eigenvalue weighted by atomic mass is 10.1. The number of rotatable bonds is 5. The Morgan fingerprint density at radius 1 is 1.35 bits per heavy atom. The van der Waals surface area contributed by atoms with Gasteiger partial charge in [-0.15, -0.1) is 13.2 Å². The first-order valence-electron chi connectivity index (χ1n) is 6.19. The number of ether oxygens (including phenoxy) is 1. The molecule has 0 spiro atoms. The Morgan fingerprint density at radius 3 is 2.60 bits per heavy atom. The Kier molecular flexibility index (Phi) is 5.66. The second kappa shape index (κ2) is 7.02. The van der Waals surface area contributed by atoms with Gasteiger partial charge in [0.2, 0.25) is 0 Å². The van der Waals surface area contributed by atoms with E-state index in [1.165, 1.54) is 18.2 Å². The molecule has 0 aliphatic rings. The van der Waals surface area contributed by atoms with Crippen LogP contribution < -0.4 is 15.8 Å². The molecular weight excluding hydrogens is 271 g/mol. The number of hydrogen-bond donors (Lipinski definition) is 2. The molecule has 112 valence electrons. The van der Waals surface area contributed by atoms with Crippen molar-refractivity contribution in [3.63, 3.8) is 0 Å². The van der Waals surface area contributed by atoms with E-state index in [4.69, 9.17) is 5.73 Å². The summed E-state index contributed by atoms with van der Waals surface area (Å²) in [6.45, 7) is 4.61. The maximum atomic E-state index is 12.2. The summed E-state index contributed by atoms with van der Waals surface area (Å²) in [6, 6.07) is 5.66. The minimum Gasteiger partial charge on any atom is -0.404 e. The highest BCUT2D eigenvalue weighted by atomic mass is 19.4. The van der Waals surface area contributed by atoms with Gasteiger partial charge in [0.25, 0.3) is 0 Å². The molecule has 1 aromatic carbocycles. The van der Waals surface area contributed by atoms with E-state index in [2.05, 4.69) is 15.0 Å². The normalized spacial score (nSPS) is 12.6. The van der Waals surface area contributed by atoms with E-state index < -0.39 is 6.36 Å². The highest BCUT2D eigenvalue weighted by Gasteiger charge is 2.32. The van der Waals surface area contributed by atoms with Crippen LogP contribution in [-0.4, -0.2) is 18.9 Å². The summed E-state index contributed by atoms with van der Waals surface area (Å²) in [5, 5.41) is 2.61. The van der Waals surface area contributed by atoms with Crippen molar-refractivity contribution in [2.24, 2.45) is 16.6 Å². The molecule has 1 rings (SSSR count). The number of benzene rings is 1. The van der Waals surface area contributed by atoms with Gasteiger partial charge in [0.15, 0.2) is 11.7 Å². The first kappa shape index (κ1) is 16.1. The van der Waals surface area contributed by atoms with Crippen molar-refractivity contribution in [2.75, 3.05) is 11.9 Å². The third-order valence-electron chi connectivity index (χ3n) is 2.36. The Bertz CT molecular complexity index is 458. The number of guanidine groups is 1. The average molecular weight is 289 g/mol. The zero-order valence-electron chi connectivity index (χ0n) is 11.4. The molecule has 0 heterocycles. The van der Waals surface area contributed by atoms with Crippen LogP contribution in [0.4, 0.5) is 18.9 Å². The number of nitrogens with two attached hydrogens (primary N) is 1. The molecule has 0 saturated heterocycles. The van der Waals surface area contributed by atoms with Crippen LogP contribution in [0.25, 0.3) is 0 Å². The fourth-order valence-electron chi connectivity index (χ4n) is 1.40. The van der Waals surface area contributed by atoms with Gasteiger partial charge in [-0.1, -0.05) is 26.0 Å². The first-order chi connectivity index (χ1) is 9.28. The third-order valence-corrected chi connectivity index (χ3v) is 2.36. The molecule has 3 N–H and O–H groups in total. The van der Waals surface area contributed by atoms with Gasteiger partial charge in [-0.3, -0.25) is 4.99 Å². The van der Waals surface area contributed by atoms with E-state index in [0.717, 1.165) is 6.42 Å². The molecule has 20 heavy (non-hydrogen) atoms. The molecule has 0 saturated carbocycles. The van der Waals surface area contributed by atoms with Gasteiger partial charge in [-0.05, 0) is 24.5 Å². The molecule has 0 fully saturated rings. The lowest BCUT2D eigenvalue weighted by molar-refractivity contribution is -0.274. The summed E-state index contributed by atoms with van der Waals surface area (Å²) in [6.07, 6.45) is -3.90. The quantitative estimate of drug-likeness (QED) is 0.645. The summed E-state index contributed by atoms with van der Waals surface area (Å²) < 4.78 is 40.6. The van der Waals surface area contributed by atoms with E-state index >= 15 is 0 Å². The molecule has 4 nitrogen and oxygen atoms in total. The largest absolute Gasteiger partial charge is 0.573 e. The number of aliphatic imine (C=N–C) groups is 1. The monoisotopic (exact) mass is 289 g/mol. The zero-order chi connectivity index (χ0) is 15.2. The highest BCUT2D eigenvalue weighted by molar-refractivity contribution is 5.93. The molecule has 0 unspecified atom stereocenters. The van der Waals surface area contributed by atoms with E-state index in [9.17, 15) is 13.2 Å². The number of halogens is 3. The molecule has 0 aromatic heterocycles. The maximum Gasteiger partial charge on any atom is 0.573 e. The van der Waals surface area contributed by atoms with Gasteiger partial charge in [-0.2, -0.15) is 0 Å². The Labute approximate surface area is 115 Å². The van der Waals surface area contributed by atoms with Crippen LogP contribution in [0.3, 0.4) is 0 Å². The van der Waals surface area contributed by atoms with Gasteiger partial charge in [0.1, 0.15) is 0 Å². The van der Waals surface area contributed by atoms with E-state index in [-0.39, 0.29) is 17.4 Å². The number of hydrogen-bond acceptors (Lipinski definition) is 2. The van der Waals surface area contributed by atoms with Crippen LogP contribution in [0.15, 0.2) is 29.3 Å². The highest BCUT2D eigenvalue weighted by Crippen LogP contribution is 2.29. The second-order valence-electron chi connectivity index (χ2n) is 4.62. The zero-order valence-corrected chi connectivity index (χ0v) is 11.4. The molecule has 7 heteroatoms. The third kappa shape index (κ3) is 6.31. The molecule has 0 aliphatic heterocycles. The van der Waals surface area contributed by atoms with Crippen LogP contribution in [0.1, 0.15) is 20.3 Å². The van der Waals surface area contributed by atoms with Crippen LogP contribution in [0.2, 0.25) is 0 Å². The second-order valence-corrected chi connectivity index (χ2v) is 4.62. The number of nitrogens with zero attached hydrogens (tertiary/aromatic N) is 1. The minimum absolute atomic E-state index is 0.0591. The summed E-state index contributed by atoms with van der Waals surface area (Å²) in [7, 11) is 0. The van der Waals surface area contributed by atoms with Crippen LogP contribution in [-0.2, 0) is 0 Å². The maximum absolute atomic E-state index is 12.2. The van der Waals surface area contributed by atoms with Crippen LogP contribution in [0.5, 0.6) is 5.75 Å². The molecule has 0 atom stereocenters. The molecule has 0 bridgehead atoms. The average Bonchev–Trinajstić information content (AvgIpc) is 2.29. The Balaban J connectivity index is 2.72. The van der Waals surface area contributed by atoms with Crippen LogP contribution in [0, 0.1) is 5.92 Å².